The maximum atomic E-state index is 12.7. The van der Waals surface area contributed by atoms with Crippen LogP contribution in [-0.4, -0.2) is 34.3 Å². The van der Waals surface area contributed by atoms with Gasteiger partial charge in [0.05, 0.1) is 4.91 Å². The standard InChI is InChI=1S/C24H17IN2O5S/c1-14(28)15-2-4-16(5-3-15)20-11-10-19(32-20)12-21-23(30)27(24(31)33-21)13-22(29)26-18-8-6-17(25)7-9-18/h2-12H,13H2,1H3,(H,26,29)/b21-12+. The van der Waals surface area contributed by atoms with Gasteiger partial charge in [0.2, 0.25) is 5.91 Å². The van der Waals surface area contributed by atoms with E-state index < -0.39 is 17.1 Å². The zero-order chi connectivity index (χ0) is 23.5. The molecule has 33 heavy (non-hydrogen) atoms. The Bertz CT molecular complexity index is 1280. The van der Waals surface area contributed by atoms with E-state index in [0.29, 0.717) is 22.8 Å². The summed E-state index contributed by atoms with van der Waals surface area (Å²) in [5.74, 6) is -0.0767. The highest BCUT2D eigenvalue weighted by atomic mass is 127. The molecule has 0 saturated carbocycles. The number of amides is 3. The van der Waals surface area contributed by atoms with Gasteiger partial charge < -0.3 is 9.73 Å². The first-order valence-electron chi connectivity index (χ1n) is 9.82. The van der Waals surface area contributed by atoms with Crippen molar-refractivity contribution in [3.8, 4) is 11.3 Å². The summed E-state index contributed by atoms with van der Waals surface area (Å²) in [4.78, 5) is 49.8. The summed E-state index contributed by atoms with van der Waals surface area (Å²) in [6, 6.07) is 17.6. The third kappa shape index (κ3) is 5.42. The molecule has 1 aliphatic rings. The van der Waals surface area contributed by atoms with Crippen LogP contribution < -0.4 is 5.32 Å². The lowest BCUT2D eigenvalue weighted by molar-refractivity contribution is -0.127. The maximum absolute atomic E-state index is 12.7. The van der Waals surface area contributed by atoms with Crippen molar-refractivity contribution in [3.63, 3.8) is 0 Å². The summed E-state index contributed by atoms with van der Waals surface area (Å²) in [6.45, 7) is 1.12. The van der Waals surface area contributed by atoms with E-state index in [0.717, 1.165) is 25.8 Å². The Morgan fingerprint density at radius 3 is 2.39 bits per heavy atom. The monoisotopic (exact) mass is 572 g/mol. The molecule has 0 bridgehead atoms. The normalized spacial score (nSPS) is 14.7. The van der Waals surface area contributed by atoms with Crippen molar-refractivity contribution in [3.05, 3.63) is 80.5 Å². The van der Waals surface area contributed by atoms with Crippen molar-refractivity contribution in [1.29, 1.82) is 0 Å². The number of anilines is 1. The fourth-order valence-corrected chi connectivity index (χ4v) is 4.28. The highest BCUT2D eigenvalue weighted by Crippen LogP contribution is 2.33. The number of nitrogens with one attached hydrogen (secondary N) is 1. The smallest absolute Gasteiger partial charge is 0.294 e. The summed E-state index contributed by atoms with van der Waals surface area (Å²) in [5.41, 5.74) is 1.97. The molecule has 1 N–H and O–H groups in total. The lowest BCUT2D eigenvalue weighted by Crippen LogP contribution is -2.36. The van der Waals surface area contributed by atoms with Crippen molar-refractivity contribution in [2.24, 2.45) is 0 Å². The number of Topliss-reactive ketones (excluding diaryl/α,β-unsaturated/α-hetero) is 1. The Hall–Kier alpha value is -3.18. The molecule has 4 rings (SSSR count). The largest absolute Gasteiger partial charge is 0.457 e. The Kier molecular flexibility index (Phi) is 6.80. The molecule has 0 unspecified atom stereocenters. The van der Waals surface area contributed by atoms with Gasteiger partial charge in [0, 0.05) is 26.5 Å². The van der Waals surface area contributed by atoms with Gasteiger partial charge in [-0.15, -0.1) is 0 Å². The molecular weight excluding hydrogens is 555 g/mol. The molecule has 0 atom stereocenters. The van der Waals surface area contributed by atoms with Gasteiger partial charge in [0.25, 0.3) is 11.1 Å². The van der Waals surface area contributed by atoms with Crippen LogP contribution in [0, 0.1) is 3.57 Å². The van der Waals surface area contributed by atoms with Gasteiger partial charge >= 0.3 is 0 Å². The first-order valence-corrected chi connectivity index (χ1v) is 11.7. The number of hydrogen-bond donors (Lipinski definition) is 1. The second kappa shape index (κ2) is 9.75. The summed E-state index contributed by atoms with van der Waals surface area (Å²) in [7, 11) is 0. The number of thioether (sulfide) groups is 1. The minimum Gasteiger partial charge on any atom is -0.457 e. The summed E-state index contributed by atoms with van der Waals surface area (Å²) in [5, 5.41) is 2.16. The second-order valence-electron chi connectivity index (χ2n) is 7.16. The van der Waals surface area contributed by atoms with Gasteiger partial charge in [0.15, 0.2) is 5.78 Å². The van der Waals surface area contributed by atoms with Crippen LogP contribution in [0.25, 0.3) is 17.4 Å². The van der Waals surface area contributed by atoms with Crippen molar-refractivity contribution >= 4 is 69.0 Å². The predicted octanol–water partition coefficient (Wildman–Crippen LogP) is 5.43. The molecule has 2 aromatic carbocycles. The lowest BCUT2D eigenvalue weighted by atomic mass is 10.1. The van der Waals surface area contributed by atoms with E-state index in [9.17, 15) is 19.2 Å². The molecular formula is C24H17IN2O5S. The molecule has 0 aliphatic carbocycles. The van der Waals surface area contributed by atoms with E-state index in [1.807, 2.05) is 12.1 Å². The number of nitrogens with zero attached hydrogens (tertiary/aromatic N) is 1. The molecule has 1 aliphatic heterocycles. The summed E-state index contributed by atoms with van der Waals surface area (Å²) < 4.78 is 6.81. The molecule has 1 aromatic heterocycles. The minimum atomic E-state index is -0.550. The first kappa shape index (κ1) is 23.0. The lowest BCUT2D eigenvalue weighted by Gasteiger charge is -2.12. The Labute approximate surface area is 207 Å². The molecule has 3 aromatic rings. The molecule has 1 fully saturated rings. The number of benzene rings is 2. The van der Waals surface area contributed by atoms with E-state index >= 15 is 0 Å². The minimum absolute atomic E-state index is 0.0235. The van der Waals surface area contributed by atoms with Crippen LogP contribution in [0.15, 0.2) is 70.0 Å². The van der Waals surface area contributed by atoms with Crippen LogP contribution in [-0.2, 0) is 9.59 Å². The van der Waals surface area contributed by atoms with Crippen LogP contribution in [0.5, 0.6) is 0 Å². The highest BCUT2D eigenvalue weighted by molar-refractivity contribution is 14.1. The van der Waals surface area contributed by atoms with Crippen LogP contribution in [0.3, 0.4) is 0 Å². The fourth-order valence-electron chi connectivity index (χ4n) is 3.10. The number of furan rings is 1. The topological polar surface area (TPSA) is 96.7 Å². The van der Waals surface area contributed by atoms with Gasteiger partial charge in [-0.3, -0.25) is 24.1 Å². The first-order chi connectivity index (χ1) is 15.8. The molecule has 9 heteroatoms. The predicted molar refractivity (Wildman–Crippen MR) is 135 cm³/mol. The van der Waals surface area contributed by atoms with Crippen molar-refractivity contribution in [1.82, 2.24) is 4.90 Å². The Morgan fingerprint density at radius 2 is 1.73 bits per heavy atom. The number of carbonyl (C=O) groups is 4. The van der Waals surface area contributed by atoms with E-state index in [-0.39, 0.29) is 17.2 Å². The highest BCUT2D eigenvalue weighted by Gasteiger charge is 2.36. The number of carbonyl (C=O) groups excluding carboxylic acids is 4. The number of rotatable bonds is 6. The SMILES string of the molecule is CC(=O)c1ccc(-c2ccc(/C=C3/SC(=O)N(CC(=O)Nc4ccc(I)cc4)C3=O)o2)cc1. The van der Waals surface area contributed by atoms with Crippen LogP contribution in [0.2, 0.25) is 0 Å². The second-order valence-corrected chi connectivity index (χ2v) is 9.40. The molecule has 1 saturated heterocycles. The van der Waals surface area contributed by atoms with Crippen molar-refractivity contribution in [2.45, 2.75) is 6.92 Å². The van der Waals surface area contributed by atoms with E-state index in [2.05, 4.69) is 27.9 Å². The Balaban J connectivity index is 1.43. The van der Waals surface area contributed by atoms with Crippen LogP contribution in [0.1, 0.15) is 23.0 Å². The average molecular weight is 572 g/mol. The molecule has 166 valence electrons. The average Bonchev–Trinajstić information content (AvgIpc) is 3.36. The third-order valence-electron chi connectivity index (χ3n) is 4.78. The number of imide groups is 1. The summed E-state index contributed by atoms with van der Waals surface area (Å²) >= 11 is 2.91. The van der Waals surface area contributed by atoms with Gasteiger partial charge in [0.1, 0.15) is 18.1 Å². The maximum Gasteiger partial charge on any atom is 0.294 e. The van der Waals surface area contributed by atoms with E-state index in [1.165, 1.54) is 13.0 Å². The van der Waals surface area contributed by atoms with Crippen LogP contribution in [0.4, 0.5) is 10.5 Å². The quantitative estimate of drug-likeness (QED) is 0.241. The van der Waals surface area contributed by atoms with Gasteiger partial charge in [-0.25, -0.2) is 0 Å². The molecule has 0 spiro atoms. The fraction of sp³-hybridized carbons (Fsp3) is 0.0833. The van der Waals surface area contributed by atoms with Crippen LogP contribution >= 0.6 is 34.4 Å². The third-order valence-corrected chi connectivity index (χ3v) is 6.41. The number of hydrogen-bond acceptors (Lipinski definition) is 6. The van der Waals surface area contributed by atoms with Gasteiger partial charge in [-0.05, 0) is 77.7 Å². The van der Waals surface area contributed by atoms with Crippen molar-refractivity contribution < 1.29 is 23.6 Å². The Morgan fingerprint density at radius 1 is 1.03 bits per heavy atom. The molecule has 2 heterocycles. The number of halogens is 1. The van der Waals surface area contributed by atoms with E-state index in [1.54, 1.807) is 48.5 Å². The molecule has 7 nitrogen and oxygen atoms in total. The van der Waals surface area contributed by atoms with Crippen molar-refractivity contribution in [2.75, 3.05) is 11.9 Å². The number of ketones is 1. The van der Waals surface area contributed by atoms with E-state index in [4.69, 9.17) is 4.42 Å². The molecule has 0 radical (unpaired) electrons. The zero-order valence-electron chi connectivity index (χ0n) is 17.3. The molecule has 3 amide bonds. The van der Waals surface area contributed by atoms with Gasteiger partial charge in [-0.1, -0.05) is 24.3 Å². The zero-order valence-corrected chi connectivity index (χ0v) is 20.3. The summed E-state index contributed by atoms with van der Waals surface area (Å²) in [6.07, 6.45) is 1.48. The van der Waals surface area contributed by atoms with Gasteiger partial charge in [-0.2, -0.15) is 0 Å².